The first kappa shape index (κ1) is 14.4. The van der Waals surface area contributed by atoms with Crippen LogP contribution in [0.15, 0.2) is 18.2 Å². The normalized spacial score (nSPS) is 20.9. The first-order chi connectivity index (χ1) is 9.41. The number of carboxylic acids is 1. The molecule has 1 aliphatic heterocycles. The minimum atomic E-state index is -1.92. The van der Waals surface area contributed by atoms with Crippen LogP contribution in [-0.4, -0.2) is 47.4 Å². The average molecular weight is 283 g/mol. The second kappa shape index (κ2) is 5.56. The third kappa shape index (κ3) is 2.63. The molecule has 2 N–H and O–H groups in total. The van der Waals surface area contributed by atoms with E-state index in [0.717, 1.165) is 0 Å². The van der Waals surface area contributed by atoms with E-state index < -0.39 is 29.9 Å². The van der Waals surface area contributed by atoms with Crippen LogP contribution in [0.2, 0.25) is 0 Å². The molecule has 1 saturated heterocycles. The maximum atomic E-state index is 13.1. The Hall–Kier alpha value is -1.99. The smallest absolute Gasteiger partial charge is 0.335 e. The van der Waals surface area contributed by atoms with Crippen molar-refractivity contribution in [2.45, 2.75) is 19.1 Å². The second-order valence-corrected chi connectivity index (χ2v) is 4.50. The van der Waals surface area contributed by atoms with Crippen LogP contribution < -0.4 is 4.90 Å². The predicted octanol–water partition coefficient (Wildman–Crippen LogP) is 0.311. The molecule has 1 aliphatic rings. The van der Waals surface area contributed by atoms with Crippen molar-refractivity contribution in [1.82, 2.24) is 0 Å². The van der Waals surface area contributed by atoms with E-state index in [1.807, 2.05) is 0 Å². The fourth-order valence-corrected chi connectivity index (χ4v) is 2.12. The lowest BCUT2D eigenvalue weighted by Gasteiger charge is -2.34. The third-order valence-corrected chi connectivity index (χ3v) is 3.11. The summed E-state index contributed by atoms with van der Waals surface area (Å²) < 4.78 is 18.1. The van der Waals surface area contributed by atoms with Gasteiger partial charge in [0.05, 0.1) is 6.61 Å². The molecule has 20 heavy (non-hydrogen) atoms. The zero-order valence-electron chi connectivity index (χ0n) is 10.7. The number of aliphatic hydroxyl groups is 1. The Morgan fingerprint density at radius 1 is 1.55 bits per heavy atom. The lowest BCUT2D eigenvalue weighted by molar-refractivity contribution is -0.163. The van der Waals surface area contributed by atoms with Crippen molar-refractivity contribution < 1.29 is 28.9 Å². The standard InChI is InChI=1S/C13H14FNO5/c1-7-6-8(14)2-3-9(7)15-4-5-20-11(12(15)17)10(16)13(18)19/h2-3,6,10-11,16H,4-5H2,1H3,(H,18,19)/t10-,11+/m1/s1. The van der Waals surface area contributed by atoms with Gasteiger partial charge >= 0.3 is 5.97 Å². The van der Waals surface area contributed by atoms with Gasteiger partial charge in [-0.25, -0.2) is 9.18 Å². The fraction of sp³-hybridized carbons (Fsp3) is 0.385. The lowest BCUT2D eigenvalue weighted by atomic mass is 10.1. The number of rotatable bonds is 3. The summed E-state index contributed by atoms with van der Waals surface area (Å²) in [5.41, 5.74) is 1.02. The summed E-state index contributed by atoms with van der Waals surface area (Å²) in [7, 11) is 0. The molecule has 0 spiro atoms. The highest BCUT2D eigenvalue weighted by Gasteiger charge is 2.39. The Morgan fingerprint density at radius 3 is 2.85 bits per heavy atom. The van der Waals surface area contributed by atoms with Gasteiger partial charge in [0, 0.05) is 12.2 Å². The van der Waals surface area contributed by atoms with E-state index in [1.54, 1.807) is 6.92 Å². The molecular weight excluding hydrogens is 269 g/mol. The van der Waals surface area contributed by atoms with Gasteiger partial charge in [0.1, 0.15) is 5.82 Å². The molecule has 0 aromatic heterocycles. The maximum Gasteiger partial charge on any atom is 0.335 e. The molecule has 0 unspecified atom stereocenters. The monoisotopic (exact) mass is 283 g/mol. The van der Waals surface area contributed by atoms with Crippen molar-refractivity contribution >= 4 is 17.6 Å². The predicted molar refractivity (Wildman–Crippen MR) is 66.9 cm³/mol. The van der Waals surface area contributed by atoms with Crippen LogP contribution in [0.4, 0.5) is 10.1 Å². The summed E-state index contributed by atoms with van der Waals surface area (Å²) >= 11 is 0. The van der Waals surface area contributed by atoms with E-state index >= 15 is 0 Å². The van der Waals surface area contributed by atoms with Crippen LogP contribution in [0.3, 0.4) is 0 Å². The van der Waals surface area contributed by atoms with Crippen LogP contribution in [0.1, 0.15) is 5.56 Å². The highest BCUT2D eigenvalue weighted by Crippen LogP contribution is 2.24. The molecule has 0 saturated carbocycles. The minimum absolute atomic E-state index is 0.0948. The quantitative estimate of drug-likeness (QED) is 0.833. The van der Waals surface area contributed by atoms with E-state index in [2.05, 4.69) is 0 Å². The summed E-state index contributed by atoms with van der Waals surface area (Å²) in [6, 6.07) is 3.94. The van der Waals surface area contributed by atoms with Crippen LogP contribution in [0, 0.1) is 12.7 Å². The summed E-state index contributed by atoms with van der Waals surface area (Å²) in [5, 5.41) is 18.2. The van der Waals surface area contributed by atoms with Crippen molar-refractivity contribution in [2.75, 3.05) is 18.1 Å². The van der Waals surface area contributed by atoms with Gasteiger partial charge in [-0.3, -0.25) is 4.79 Å². The summed E-state index contributed by atoms with van der Waals surface area (Å²) in [4.78, 5) is 24.2. The van der Waals surface area contributed by atoms with Crippen LogP contribution in [0.5, 0.6) is 0 Å². The summed E-state index contributed by atoms with van der Waals surface area (Å²) in [6.07, 6.45) is -3.38. The van der Waals surface area contributed by atoms with Gasteiger partial charge < -0.3 is 19.8 Å². The van der Waals surface area contributed by atoms with Gasteiger partial charge in [0.25, 0.3) is 5.91 Å². The molecule has 0 aliphatic carbocycles. The topological polar surface area (TPSA) is 87.1 Å². The third-order valence-electron chi connectivity index (χ3n) is 3.11. The molecule has 1 fully saturated rings. The van der Waals surface area contributed by atoms with E-state index in [1.165, 1.54) is 23.1 Å². The molecule has 1 aromatic rings. The van der Waals surface area contributed by atoms with Crippen LogP contribution in [-0.2, 0) is 14.3 Å². The van der Waals surface area contributed by atoms with Gasteiger partial charge in [-0.2, -0.15) is 0 Å². The van der Waals surface area contributed by atoms with E-state index in [4.69, 9.17) is 9.84 Å². The first-order valence-electron chi connectivity index (χ1n) is 6.02. The zero-order valence-corrected chi connectivity index (χ0v) is 10.7. The number of aliphatic hydroxyl groups excluding tert-OH is 1. The summed E-state index contributed by atoms with van der Waals surface area (Å²) in [6.45, 7) is 1.95. The molecule has 6 nitrogen and oxygen atoms in total. The Balaban J connectivity index is 2.28. The second-order valence-electron chi connectivity index (χ2n) is 4.50. The number of nitrogens with zero attached hydrogens (tertiary/aromatic N) is 1. The summed E-state index contributed by atoms with van der Waals surface area (Å²) in [5.74, 6) is -2.60. The van der Waals surface area contributed by atoms with Crippen molar-refractivity contribution in [2.24, 2.45) is 0 Å². The highest BCUT2D eigenvalue weighted by atomic mass is 19.1. The Kier molecular flexibility index (Phi) is 4.01. The molecule has 0 radical (unpaired) electrons. The molecule has 7 heteroatoms. The van der Waals surface area contributed by atoms with Gasteiger partial charge in [-0.15, -0.1) is 0 Å². The molecule has 1 heterocycles. The number of morpholine rings is 1. The lowest BCUT2D eigenvalue weighted by Crippen LogP contribution is -2.54. The molecule has 0 bridgehead atoms. The number of carbonyl (C=O) groups excluding carboxylic acids is 1. The van der Waals surface area contributed by atoms with Gasteiger partial charge in [-0.1, -0.05) is 0 Å². The Labute approximate surface area is 114 Å². The number of ether oxygens (including phenoxy) is 1. The number of aryl methyl sites for hydroxylation is 1. The van der Waals surface area contributed by atoms with Crippen molar-refractivity contribution in [1.29, 1.82) is 0 Å². The number of halogens is 1. The average Bonchev–Trinajstić information content (AvgIpc) is 2.39. The van der Waals surface area contributed by atoms with E-state index in [-0.39, 0.29) is 13.2 Å². The SMILES string of the molecule is Cc1cc(F)ccc1N1CCO[C@@H]([C@@H](O)C(=O)O)C1=O. The number of carbonyl (C=O) groups is 2. The van der Waals surface area contributed by atoms with Crippen molar-refractivity contribution in [3.63, 3.8) is 0 Å². The molecule has 108 valence electrons. The van der Waals surface area contributed by atoms with E-state index in [9.17, 15) is 19.1 Å². The van der Waals surface area contributed by atoms with Crippen molar-refractivity contribution in [3.8, 4) is 0 Å². The molecule has 2 atom stereocenters. The number of benzene rings is 1. The first-order valence-corrected chi connectivity index (χ1v) is 6.02. The number of anilines is 1. The molecule has 1 amide bonds. The van der Waals surface area contributed by atoms with Crippen LogP contribution in [0.25, 0.3) is 0 Å². The Bertz CT molecular complexity index is 548. The number of carboxylic acid groups (broad SMARTS) is 1. The number of aliphatic carboxylic acids is 1. The zero-order chi connectivity index (χ0) is 14.9. The Morgan fingerprint density at radius 2 is 2.25 bits per heavy atom. The molecule has 2 rings (SSSR count). The minimum Gasteiger partial charge on any atom is -0.479 e. The van der Waals surface area contributed by atoms with E-state index in [0.29, 0.717) is 11.3 Å². The maximum absolute atomic E-state index is 13.1. The fourth-order valence-electron chi connectivity index (χ4n) is 2.12. The molecule has 1 aromatic carbocycles. The largest absolute Gasteiger partial charge is 0.479 e. The van der Waals surface area contributed by atoms with Gasteiger partial charge in [0.15, 0.2) is 12.2 Å². The van der Waals surface area contributed by atoms with Crippen LogP contribution >= 0.6 is 0 Å². The number of hydrogen-bond donors (Lipinski definition) is 2. The number of amides is 1. The van der Waals surface area contributed by atoms with Gasteiger partial charge in [0.2, 0.25) is 0 Å². The number of hydrogen-bond acceptors (Lipinski definition) is 4. The van der Waals surface area contributed by atoms with Crippen molar-refractivity contribution in [3.05, 3.63) is 29.6 Å². The van der Waals surface area contributed by atoms with Gasteiger partial charge in [-0.05, 0) is 30.7 Å². The molecular formula is C13H14FNO5. The highest BCUT2D eigenvalue weighted by molar-refractivity contribution is 6.00.